The van der Waals surface area contributed by atoms with Gasteiger partial charge in [0.2, 0.25) is 0 Å². The molecular weight excluding hydrogens is 200 g/mol. The average Bonchev–Trinajstić information content (AvgIpc) is 2.18. The molecule has 4 heteroatoms. The Morgan fingerprint density at radius 3 is 3.00 bits per heavy atom. The van der Waals surface area contributed by atoms with E-state index in [2.05, 4.69) is 6.07 Å². The lowest BCUT2D eigenvalue weighted by molar-refractivity contribution is 0.268. The standard InChI is InChI=1S/C10H10N2O.ClH/c11-6-7-2-1-3-8-9(12)4-5-13-10(7)8;/h1-3,9H,4-5,12H2;1H. The molecule has 0 saturated carbocycles. The molecular formula is C10H11ClN2O. The van der Waals surface area contributed by atoms with Gasteiger partial charge < -0.3 is 10.5 Å². The summed E-state index contributed by atoms with van der Waals surface area (Å²) in [4.78, 5) is 0. The topological polar surface area (TPSA) is 59.0 Å². The van der Waals surface area contributed by atoms with Gasteiger partial charge in [-0.05, 0) is 6.07 Å². The number of hydrogen-bond donors (Lipinski definition) is 1. The van der Waals surface area contributed by atoms with Crippen LogP contribution in [-0.4, -0.2) is 6.61 Å². The van der Waals surface area contributed by atoms with Gasteiger partial charge in [-0.25, -0.2) is 0 Å². The Bertz CT molecular complexity index is 373. The second-order valence-electron chi connectivity index (χ2n) is 3.08. The van der Waals surface area contributed by atoms with Gasteiger partial charge >= 0.3 is 0 Å². The fourth-order valence-electron chi connectivity index (χ4n) is 1.54. The fourth-order valence-corrected chi connectivity index (χ4v) is 1.54. The van der Waals surface area contributed by atoms with E-state index in [-0.39, 0.29) is 18.4 Å². The highest BCUT2D eigenvalue weighted by Gasteiger charge is 2.20. The van der Waals surface area contributed by atoms with E-state index in [0.29, 0.717) is 17.9 Å². The van der Waals surface area contributed by atoms with E-state index < -0.39 is 0 Å². The van der Waals surface area contributed by atoms with Crippen LogP contribution in [0, 0.1) is 11.3 Å². The zero-order chi connectivity index (χ0) is 9.26. The molecule has 0 aromatic heterocycles. The van der Waals surface area contributed by atoms with Gasteiger partial charge in [-0.1, -0.05) is 12.1 Å². The zero-order valence-corrected chi connectivity index (χ0v) is 8.38. The molecule has 1 aliphatic rings. The summed E-state index contributed by atoms with van der Waals surface area (Å²) in [5.74, 6) is 0.670. The first kappa shape index (κ1) is 10.8. The molecule has 0 amide bonds. The summed E-state index contributed by atoms with van der Waals surface area (Å²) in [5.41, 5.74) is 7.41. The average molecular weight is 211 g/mol. The highest BCUT2D eigenvalue weighted by molar-refractivity contribution is 5.85. The van der Waals surface area contributed by atoms with E-state index in [1.54, 1.807) is 6.07 Å². The van der Waals surface area contributed by atoms with Crippen LogP contribution >= 0.6 is 12.4 Å². The quantitative estimate of drug-likeness (QED) is 0.710. The van der Waals surface area contributed by atoms with Crippen LogP contribution in [0.2, 0.25) is 0 Å². The van der Waals surface area contributed by atoms with Crippen molar-refractivity contribution in [2.75, 3.05) is 6.61 Å². The van der Waals surface area contributed by atoms with Gasteiger partial charge in [0.15, 0.2) is 0 Å². The van der Waals surface area contributed by atoms with Crippen LogP contribution in [0.1, 0.15) is 23.6 Å². The summed E-state index contributed by atoms with van der Waals surface area (Å²) in [7, 11) is 0. The predicted molar refractivity (Wildman–Crippen MR) is 55.4 cm³/mol. The lowest BCUT2D eigenvalue weighted by atomic mass is 9.99. The minimum absolute atomic E-state index is 0. The number of nitriles is 1. The van der Waals surface area contributed by atoms with E-state index in [1.165, 1.54) is 0 Å². The molecule has 0 fully saturated rings. The Labute approximate surface area is 88.9 Å². The molecule has 14 heavy (non-hydrogen) atoms. The van der Waals surface area contributed by atoms with Gasteiger partial charge in [-0.3, -0.25) is 0 Å². The minimum Gasteiger partial charge on any atom is -0.492 e. The normalized spacial score (nSPS) is 18.4. The van der Waals surface area contributed by atoms with Gasteiger partial charge in [0.05, 0.1) is 12.2 Å². The van der Waals surface area contributed by atoms with Crippen LogP contribution in [0.3, 0.4) is 0 Å². The molecule has 0 aliphatic carbocycles. The lowest BCUT2D eigenvalue weighted by Gasteiger charge is -2.23. The number of halogens is 1. The summed E-state index contributed by atoms with van der Waals surface area (Å²) in [6.45, 7) is 0.604. The van der Waals surface area contributed by atoms with Gasteiger partial charge in [0.25, 0.3) is 0 Å². The molecule has 0 spiro atoms. The second kappa shape index (κ2) is 4.32. The van der Waals surface area contributed by atoms with Gasteiger partial charge in [-0.15, -0.1) is 12.4 Å². The number of nitrogens with two attached hydrogens (primary N) is 1. The van der Waals surface area contributed by atoms with Crippen LogP contribution in [0.4, 0.5) is 0 Å². The fraction of sp³-hybridized carbons (Fsp3) is 0.300. The van der Waals surface area contributed by atoms with Crippen LogP contribution in [0.5, 0.6) is 5.75 Å². The molecule has 1 heterocycles. The van der Waals surface area contributed by atoms with Crippen LogP contribution < -0.4 is 10.5 Å². The van der Waals surface area contributed by atoms with E-state index in [1.807, 2.05) is 12.1 Å². The summed E-state index contributed by atoms with van der Waals surface area (Å²) in [6, 6.07) is 7.61. The van der Waals surface area contributed by atoms with Crippen LogP contribution in [-0.2, 0) is 0 Å². The van der Waals surface area contributed by atoms with Crippen molar-refractivity contribution < 1.29 is 4.74 Å². The van der Waals surface area contributed by atoms with Crippen LogP contribution in [0.25, 0.3) is 0 Å². The predicted octanol–water partition coefficient (Wildman–Crippen LogP) is 1.76. The molecule has 1 unspecified atom stereocenters. The molecule has 1 aromatic carbocycles. The third-order valence-corrected chi connectivity index (χ3v) is 2.24. The maximum Gasteiger partial charge on any atom is 0.141 e. The number of nitrogens with zero attached hydrogens (tertiary/aromatic N) is 1. The Hall–Kier alpha value is -1.24. The molecule has 0 radical (unpaired) electrons. The summed E-state index contributed by atoms with van der Waals surface area (Å²) < 4.78 is 5.41. The number of benzene rings is 1. The number of ether oxygens (including phenoxy) is 1. The van der Waals surface area contributed by atoms with Crippen molar-refractivity contribution in [3.63, 3.8) is 0 Å². The summed E-state index contributed by atoms with van der Waals surface area (Å²) in [5, 5.41) is 8.81. The molecule has 0 saturated heterocycles. The molecule has 1 atom stereocenters. The summed E-state index contributed by atoms with van der Waals surface area (Å²) in [6.07, 6.45) is 0.821. The molecule has 1 aromatic rings. The van der Waals surface area contributed by atoms with Crippen molar-refractivity contribution in [2.24, 2.45) is 5.73 Å². The minimum atomic E-state index is 0. The van der Waals surface area contributed by atoms with E-state index >= 15 is 0 Å². The van der Waals surface area contributed by atoms with Crippen molar-refractivity contribution in [3.05, 3.63) is 29.3 Å². The van der Waals surface area contributed by atoms with Crippen molar-refractivity contribution in [2.45, 2.75) is 12.5 Å². The number of fused-ring (bicyclic) bond motifs is 1. The first-order chi connectivity index (χ1) is 6.33. The Balaban J connectivity index is 0.000000980. The summed E-state index contributed by atoms with van der Waals surface area (Å²) >= 11 is 0. The van der Waals surface area contributed by atoms with Crippen molar-refractivity contribution in [1.82, 2.24) is 0 Å². The number of rotatable bonds is 0. The second-order valence-corrected chi connectivity index (χ2v) is 3.08. The van der Waals surface area contributed by atoms with Gasteiger partial charge in [0, 0.05) is 18.0 Å². The lowest BCUT2D eigenvalue weighted by Crippen LogP contribution is -2.21. The molecule has 0 bridgehead atoms. The highest BCUT2D eigenvalue weighted by Crippen LogP contribution is 2.32. The van der Waals surface area contributed by atoms with Gasteiger partial charge in [0.1, 0.15) is 11.8 Å². The van der Waals surface area contributed by atoms with Crippen molar-refractivity contribution >= 4 is 12.4 Å². The molecule has 1 aliphatic heterocycles. The SMILES string of the molecule is Cl.N#Cc1cccc2c1OCCC2N. The van der Waals surface area contributed by atoms with Crippen molar-refractivity contribution in [1.29, 1.82) is 5.26 Å². The van der Waals surface area contributed by atoms with E-state index in [0.717, 1.165) is 12.0 Å². The first-order valence-corrected chi connectivity index (χ1v) is 4.24. The van der Waals surface area contributed by atoms with Crippen molar-refractivity contribution in [3.8, 4) is 11.8 Å². The highest BCUT2D eigenvalue weighted by atomic mass is 35.5. The van der Waals surface area contributed by atoms with E-state index in [9.17, 15) is 0 Å². The molecule has 74 valence electrons. The third-order valence-electron chi connectivity index (χ3n) is 2.24. The maximum atomic E-state index is 8.81. The monoisotopic (exact) mass is 210 g/mol. The Morgan fingerprint density at radius 2 is 2.29 bits per heavy atom. The zero-order valence-electron chi connectivity index (χ0n) is 7.56. The third kappa shape index (κ3) is 1.67. The van der Waals surface area contributed by atoms with E-state index in [4.69, 9.17) is 15.7 Å². The maximum absolute atomic E-state index is 8.81. The Morgan fingerprint density at radius 1 is 1.50 bits per heavy atom. The molecule has 2 rings (SSSR count). The Kier molecular flexibility index (Phi) is 3.34. The molecule has 3 nitrogen and oxygen atoms in total. The largest absolute Gasteiger partial charge is 0.492 e. The van der Waals surface area contributed by atoms with Gasteiger partial charge in [-0.2, -0.15) is 5.26 Å². The van der Waals surface area contributed by atoms with Crippen LogP contribution in [0.15, 0.2) is 18.2 Å². The number of hydrogen-bond acceptors (Lipinski definition) is 3. The smallest absolute Gasteiger partial charge is 0.141 e. The molecule has 2 N–H and O–H groups in total. The first-order valence-electron chi connectivity index (χ1n) is 4.24. The number of para-hydroxylation sites is 1.